The highest BCUT2D eigenvalue weighted by molar-refractivity contribution is 7.98. The summed E-state index contributed by atoms with van der Waals surface area (Å²) in [5.41, 5.74) is 0.712. The Hall–Kier alpha value is -1.95. The largest absolute Gasteiger partial charge is 0.444 e. The quantitative estimate of drug-likeness (QED) is 0.706. The molecule has 0 unspecified atom stereocenters. The Balaban J connectivity index is 1.60. The summed E-state index contributed by atoms with van der Waals surface area (Å²) in [7, 11) is 0. The molecule has 1 fully saturated rings. The Morgan fingerprint density at radius 2 is 1.85 bits per heavy atom. The highest BCUT2D eigenvalue weighted by Crippen LogP contribution is 2.33. The van der Waals surface area contributed by atoms with Crippen molar-refractivity contribution in [3.63, 3.8) is 0 Å². The molecule has 1 aromatic heterocycles. The Morgan fingerprint density at radius 3 is 2.52 bits per heavy atom. The van der Waals surface area contributed by atoms with E-state index in [2.05, 4.69) is 40.1 Å². The molecule has 1 saturated carbocycles. The van der Waals surface area contributed by atoms with Crippen LogP contribution in [0.15, 0.2) is 35.5 Å². The third-order valence-corrected chi connectivity index (χ3v) is 5.53. The van der Waals surface area contributed by atoms with Crippen LogP contribution in [0.5, 0.6) is 0 Å². The Kier molecular flexibility index (Phi) is 6.15. The molecule has 1 aliphatic carbocycles. The first-order valence-corrected chi connectivity index (χ1v) is 10.7. The fourth-order valence-electron chi connectivity index (χ4n) is 3.55. The number of amides is 1. The van der Waals surface area contributed by atoms with Gasteiger partial charge >= 0.3 is 6.09 Å². The molecule has 6 heteroatoms. The van der Waals surface area contributed by atoms with Gasteiger partial charge in [-0.25, -0.2) is 4.79 Å². The van der Waals surface area contributed by atoms with E-state index in [1.807, 2.05) is 33.2 Å². The molecule has 3 rings (SSSR count). The van der Waals surface area contributed by atoms with E-state index in [1.54, 1.807) is 11.8 Å². The maximum absolute atomic E-state index is 12.0. The van der Waals surface area contributed by atoms with Crippen molar-refractivity contribution in [2.24, 2.45) is 0 Å². The maximum atomic E-state index is 12.0. The number of fused-ring (bicyclic) bond motifs is 1. The number of nitrogens with one attached hydrogen (secondary N) is 2. The lowest BCUT2D eigenvalue weighted by Gasteiger charge is -2.31. The lowest BCUT2D eigenvalue weighted by molar-refractivity contribution is 0.0492. The van der Waals surface area contributed by atoms with Gasteiger partial charge in [0.25, 0.3) is 0 Å². The molecule has 1 amide bonds. The molecule has 0 bridgehead atoms. The van der Waals surface area contributed by atoms with Crippen molar-refractivity contribution in [2.75, 3.05) is 11.6 Å². The van der Waals surface area contributed by atoms with E-state index in [-0.39, 0.29) is 12.1 Å². The van der Waals surface area contributed by atoms with Gasteiger partial charge in [-0.05, 0) is 58.8 Å². The van der Waals surface area contributed by atoms with Gasteiger partial charge in [0.05, 0.1) is 0 Å². The number of ether oxygens (including phenoxy) is 1. The minimum absolute atomic E-state index is 0.191. The molecule has 0 atom stereocenters. The number of rotatable bonds is 4. The Labute approximate surface area is 165 Å². The van der Waals surface area contributed by atoms with Gasteiger partial charge in [0.1, 0.15) is 5.60 Å². The minimum Gasteiger partial charge on any atom is -0.444 e. The standard InChI is InChI=1S/C21H29N3O2S/c1-21(2,3)26-20(25)24-16-10-8-15(9-11-16)23-17-7-5-6-14-12-22-13-18(27-4)19(14)17/h5-7,12-13,15-16,23H,8-11H2,1-4H3,(H,24,25). The first-order chi connectivity index (χ1) is 12.9. The first-order valence-electron chi connectivity index (χ1n) is 9.52. The Morgan fingerprint density at radius 1 is 1.15 bits per heavy atom. The van der Waals surface area contributed by atoms with E-state index in [9.17, 15) is 4.79 Å². The number of carbonyl (C=O) groups excluding carboxylic acids is 1. The third kappa shape index (κ3) is 5.28. The van der Waals surface area contributed by atoms with Gasteiger partial charge in [-0.15, -0.1) is 11.8 Å². The summed E-state index contributed by atoms with van der Waals surface area (Å²) in [4.78, 5) is 17.5. The number of benzene rings is 1. The molecule has 0 aliphatic heterocycles. The number of aromatic nitrogens is 1. The number of thioether (sulfide) groups is 1. The zero-order valence-corrected chi connectivity index (χ0v) is 17.4. The number of hydrogen-bond donors (Lipinski definition) is 2. The second kappa shape index (κ2) is 8.38. The number of anilines is 1. The average molecular weight is 388 g/mol. The zero-order valence-electron chi connectivity index (χ0n) is 16.5. The predicted molar refractivity (Wildman–Crippen MR) is 113 cm³/mol. The SMILES string of the molecule is CSc1cncc2cccc(NC3CCC(NC(=O)OC(C)(C)C)CC3)c12. The molecule has 146 valence electrons. The van der Waals surface area contributed by atoms with Crippen LogP contribution < -0.4 is 10.6 Å². The number of nitrogens with zero attached hydrogens (tertiary/aromatic N) is 1. The van der Waals surface area contributed by atoms with E-state index in [0.29, 0.717) is 6.04 Å². The molecule has 1 heterocycles. The molecule has 0 saturated heterocycles. The van der Waals surface area contributed by atoms with Crippen molar-refractivity contribution in [1.29, 1.82) is 0 Å². The van der Waals surface area contributed by atoms with Crippen LogP contribution in [0.1, 0.15) is 46.5 Å². The summed E-state index contributed by atoms with van der Waals surface area (Å²) < 4.78 is 5.36. The van der Waals surface area contributed by atoms with E-state index < -0.39 is 5.60 Å². The molecule has 2 aromatic rings. The number of pyridine rings is 1. The predicted octanol–water partition coefficient (Wildman–Crippen LogP) is 5.20. The van der Waals surface area contributed by atoms with Crippen molar-refractivity contribution < 1.29 is 9.53 Å². The molecule has 0 spiro atoms. The summed E-state index contributed by atoms with van der Waals surface area (Å²) in [6, 6.07) is 6.93. The molecule has 5 nitrogen and oxygen atoms in total. The van der Waals surface area contributed by atoms with Crippen molar-refractivity contribution in [3.8, 4) is 0 Å². The van der Waals surface area contributed by atoms with E-state index in [4.69, 9.17) is 4.74 Å². The van der Waals surface area contributed by atoms with Gasteiger partial charge in [0.2, 0.25) is 0 Å². The smallest absolute Gasteiger partial charge is 0.407 e. The summed E-state index contributed by atoms with van der Waals surface area (Å²) in [5, 5.41) is 9.14. The van der Waals surface area contributed by atoms with Crippen LogP contribution in [0.25, 0.3) is 10.8 Å². The molecule has 1 aromatic carbocycles. The van der Waals surface area contributed by atoms with Crippen LogP contribution in [0, 0.1) is 0 Å². The zero-order chi connectivity index (χ0) is 19.4. The van der Waals surface area contributed by atoms with Crippen molar-refractivity contribution >= 4 is 34.3 Å². The number of hydrogen-bond acceptors (Lipinski definition) is 5. The van der Waals surface area contributed by atoms with Gasteiger partial charge < -0.3 is 15.4 Å². The second-order valence-corrected chi connectivity index (χ2v) is 8.93. The van der Waals surface area contributed by atoms with Crippen LogP contribution in [0.2, 0.25) is 0 Å². The number of carbonyl (C=O) groups is 1. The van der Waals surface area contributed by atoms with Crippen LogP contribution >= 0.6 is 11.8 Å². The molecular formula is C21H29N3O2S. The van der Waals surface area contributed by atoms with Gasteiger partial charge in [-0.2, -0.15) is 0 Å². The fourth-order valence-corrected chi connectivity index (χ4v) is 4.15. The van der Waals surface area contributed by atoms with Crippen LogP contribution in [-0.4, -0.2) is 35.0 Å². The van der Waals surface area contributed by atoms with Crippen molar-refractivity contribution in [3.05, 3.63) is 30.6 Å². The minimum atomic E-state index is -0.457. The van der Waals surface area contributed by atoms with E-state index >= 15 is 0 Å². The molecule has 0 radical (unpaired) electrons. The van der Waals surface area contributed by atoms with E-state index in [0.717, 1.165) is 31.1 Å². The van der Waals surface area contributed by atoms with Crippen molar-refractivity contribution in [1.82, 2.24) is 10.3 Å². The summed E-state index contributed by atoms with van der Waals surface area (Å²) in [6.07, 6.45) is 9.58. The van der Waals surface area contributed by atoms with Gasteiger partial charge in [-0.1, -0.05) is 12.1 Å². The highest BCUT2D eigenvalue weighted by atomic mass is 32.2. The van der Waals surface area contributed by atoms with Crippen LogP contribution in [-0.2, 0) is 4.74 Å². The number of alkyl carbamates (subject to hydrolysis) is 1. The first kappa shape index (κ1) is 19.8. The third-order valence-electron chi connectivity index (χ3n) is 4.78. The molecular weight excluding hydrogens is 358 g/mol. The van der Waals surface area contributed by atoms with Gasteiger partial charge in [0.15, 0.2) is 0 Å². The van der Waals surface area contributed by atoms with Crippen LogP contribution in [0.3, 0.4) is 0 Å². The second-order valence-electron chi connectivity index (χ2n) is 8.08. The molecule has 27 heavy (non-hydrogen) atoms. The fraction of sp³-hybridized carbons (Fsp3) is 0.524. The van der Waals surface area contributed by atoms with Crippen LogP contribution in [0.4, 0.5) is 10.5 Å². The summed E-state index contributed by atoms with van der Waals surface area (Å²) in [6.45, 7) is 5.65. The summed E-state index contributed by atoms with van der Waals surface area (Å²) in [5.74, 6) is 0. The average Bonchev–Trinajstić information content (AvgIpc) is 2.61. The maximum Gasteiger partial charge on any atom is 0.407 e. The lowest BCUT2D eigenvalue weighted by Crippen LogP contribution is -2.42. The van der Waals surface area contributed by atoms with Gasteiger partial charge in [0, 0.05) is 45.8 Å². The van der Waals surface area contributed by atoms with E-state index in [1.165, 1.54) is 16.0 Å². The highest BCUT2D eigenvalue weighted by Gasteiger charge is 2.25. The summed E-state index contributed by atoms with van der Waals surface area (Å²) >= 11 is 1.72. The molecule has 2 N–H and O–H groups in total. The lowest BCUT2D eigenvalue weighted by atomic mass is 9.91. The topological polar surface area (TPSA) is 63.2 Å². The Bertz CT molecular complexity index is 790. The van der Waals surface area contributed by atoms with Crippen molar-refractivity contribution in [2.45, 2.75) is 69.0 Å². The normalized spacial score (nSPS) is 20.3. The molecule has 1 aliphatic rings. The monoisotopic (exact) mass is 387 g/mol. The van der Waals surface area contributed by atoms with Gasteiger partial charge in [-0.3, -0.25) is 4.98 Å².